The number of hydrogen-bond donors (Lipinski definition) is 0. The molecule has 0 N–H and O–H groups in total. The van der Waals surface area contributed by atoms with E-state index in [0.29, 0.717) is 12.5 Å². The second kappa shape index (κ2) is 3.62. The Balaban J connectivity index is 2.17. The predicted molar refractivity (Wildman–Crippen MR) is 60.9 cm³/mol. The van der Waals surface area contributed by atoms with Crippen LogP contribution in [0.4, 0.5) is 0 Å². The Morgan fingerprint density at radius 2 is 2.29 bits per heavy atom. The third-order valence-electron chi connectivity index (χ3n) is 2.48. The molecule has 0 aliphatic heterocycles. The molecule has 0 radical (unpaired) electrons. The molecule has 0 aliphatic carbocycles. The van der Waals surface area contributed by atoms with Crippen LogP contribution in [-0.2, 0) is 4.74 Å². The molecule has 1 aromatic carbocycles. The molecule has 17 heavy (non-hydrogen) atoms. The average Bonchev–Trinajstić information content (AvgIpc) is 2.86. The highest BCUT2D eigenvalue weighted by atomic mass is 16.5. The molecule has 0 unspecified atom stereocenters. The number of benzene rings is 1. The second-order valence-corrected chi connectivity index (χ2v) is 3.57. The zero-order chi connectivity index (χ0) is 11.8. The third-order valence-corrected chi connectivity index (χ3v) is 2.48. The van der Waals surface area contributed by atoms with E-state index in [1.54, 1.807) is 17.5 Å². The maximum atomic E-state index is 11.5. The summed E-state index contributed by atoms with van der Waals surface area (Å²) < 4.78 is 12.1. The molecule has 0 spiro atoms. The monoisotopic (exact) mass is 230 g/mol. The number of carbonyl (C=O) groups excluding carboxylic acids is 1. The van der Waals surface area contributed by atoms with Crippen molar-refractivity contribution in [1.82, 2.24) is 9.38 Å². The van der Waals surface area contributed by atoms with Crippen molar-refractivity contribution in [3.8, 4) is 0 Å². The van der Waals surface area contributed by atoms with Gasteiger partial charge in [0.2, 0.25) is 0 Å². The minimum absolute atomic E-state index is 0.261. The Morgan fingerprint density at radius 1 is 1.47 bits per heavy atom. The van der Waals surface area contributed by atoms with Crippen molar-refractivity contribution >= 4 is 22.9 Å². The van der Waals surface area contributed by atoms with Gasteiger partial charge in [-0.1, -0.05) is 12.1 Å². The third kappa shape index (κ3) is 1.47. The molecular formula is C12H10N2O3. The van der Waals surface area contributed by atoms with Gasteiger partial charge in [0.15, 0.2) is 11.3 Å². The molecule has 3 rings (SSSR count). The highest BCUT2D eigenvalue weighted by Gasteiger charge is 2.15. The Hall–Kier alpha value is -2.30. The van der Waals surface area contributed by atoms with Crippen LogP contribution in [0.1, 0.15) is 17.4 Å². The highest BCUT2D eigenvalue weighted by molar-refractivity contribution is 5.88. The Morgan fingerprint density at radius 3 is 3.12 bits per heavy atom. The molecule has 86 valence electrons. The first kappa shape index (κ1) is 9.89. The molecule has 0 saturated heterocycles. The van der Waals surface area contributed by atoms with Crippen molar-refractivity contribution in [2.24, 2.45) is 0 Å². The number of ether oxygens (including phenoxy) is 1. The van der Waals surface area contributed by atoms with Gasteiger partial charge in [0.1, 0.15) is 0 Å². The van der Waals surface area contributed by atoms with Gasteiger partial charge >= 0.3 is 11.8 Å². The van der Waals surface area contributed by atoms with E-state index in [9.17, 15) is 4.79 Å². The molecule has 0 fully saturated rings. The minimum atomic E-state index is -0.435. The van der Waals surface area contributed by atoms with E-state index in [0.717, 1.165) is 11.1 Å². The highest BCUT2D eigenvalue weighted by Crippen LogP contribution is 2.20. The van der Waals surface area contributed by atoms with Crippen LogP contribution in [0.25, 0.3) is 16.9 Å². The van der Waals surface area contributed by atoms with Crippen molar-refractivity contribution in [2.45, 2.75) is 6.92 Å². The van der Waals surface area contributed by atoms with Crippen LogP contribution in [0.3, 0.4) is 0 Å². The summed E-state index contributed by atoms with van der Waals surface area (Å²) >= 11 is 0. The van der Waals surface area contributed by atoms with E-state index >= 15 is 0 Å². The van der Waals surface area contributed by atoms with E-state index in [2.05, 4.69) is 4.98 Å². The van der Waals surface area contributed by atoms with Gasteiger partial charge < -0.3 is 9.15 Å². The largest absolute Gasteiger partial charge is 0.461 e. The average molecular weight is 230 g/mol. The fourth-order valence-electron chi connectivity index (χ4n) is 1.75. The lowest BCUT2D eigenvalue weighted by Gasteiger charge is -1.95. The lowest BCUT2D eigenvalue weighted by atomic mass is 10.3. The summed E-state index contributed by atoms with van der Waals surface area (Å²) in [5.74, 6) is -0.0373. The molecule has 2 heterocycles. The molecule has 5 heteroatoms. The van der Waals surface area contributed by atoms with Gasteiger partial charge in [0, 0.05) is 6.20 Å². The maximum absolute atomic E-state index is 11.5. The van der Waals surface area contributed by atoms with Crippen molar-refractivity contribution in [2.75, 3.05) is 6.61 Å². The van der Waals surface area contributed by atoms with E-state index < -0.39 is 5.97 Å². The summed E-state index contributed by atoms with van der Waals surface area (Å²) in [5, 5.41) is 0. The fraction of sp³-hybridized carbons (Fsp3) is 0.167. The van der Waals surface area contributed by atoms with E-state index in [4.69, 9.17) is 9.15 Å². The van der Waals surface area contributed by atoms with Crippen LogP contribution in [0.5, 0.6) is 0 Å². The van der Waals surface area contributed by atoms with Crippen molar-refractivity contribution < 1.29 is 13.9 Å². The number of fused-ring (bicyclic) bond motifs is 3. The number of carbonyl (C=O) groups is 1. The number of rotatable bonds is 2. The molecule has 0 amide bonds. The minimum Gasteiger partial charge on any atom is -0.461 e. The number of esters is 1. The van der Waals surface area contributed by atoms with Crippen molar-refractivity contribution in [3.63, 3.8) is 0 Å². The van der Waals surface area contributed by atoms with Gasteiger partial charge in [0.05, 0.1) is 12.1 Å². The topological polar surface area (TPSA) is 56.7 Å². The van der Waals surface area contributed by atoms with Crippen molar-refractivity contribution in [3.05, 3.63) is 36.2 Å². The molecule has 2 aromatic heterocycles. The van der Waals surface area contributed by atoms with Gasteiger partial charge in [-0.25, -0.2) is 4.79 Å². The number of aromatic nitrogens is 2. The summed E-state index contributed by atoms with van der Waals surface area (Å²) in [6.45, 7) is 2.09. The predicted octanol–water partition coefficient (Wildman–Crippen LogP) is 2.26. The van der Waals surface area contributed by atoms with Gasteiger partial charge in [-0.3, -0.25) is 4.40 Å². The summed E-state index contributed by atoms with van der Waals surface area (Å²) in [7, 11) is 0. The zero-order valence-corrected chi connectivity index (χ0v) is 9.21. The van der Waals surface area contributed by atoms with Gasteiger partial charge in [-0.2, -0.15) is 4.98 Å². The number of para-hydroxylation sites is 2. The van der Waals surface area contributed by atoms with E-state index in [1.807, 2.05) is 24.3 Å². The first-order valence-electron chi connectivity index (χ1n) is 5.33. The normalized spacial score (nSPS) is 11.1. The van der Waals surface area contributed by atoms with Crippen LogP contribution in [0, 0.1) is 0 Å². The Kier molecular flexibility index (Phi) is 2.11. The molecular weight excluding hydrogens is 220 g/mol. The lowest BCUT2D eigenvalue weighted by Crippen LogP contribution is -2.04. The Labute approximate surface area is 96.6 Å². The lowest BCUT2D eigenvalue weighted by molar-refractivity contribution is 0.0520. The second-order valence-electron chi connectivity index (χ2n) is 3.57. The van der Waals surface area contributed by atoms with Crippen LogP contribution >= 0.6 is 0 Å². The standard InChI is InChI=1S/C12H10N2O3/c1-2-16-11(15)8-7-14-9-5-3-4-6-10(9)17-12(14)13-8/h3-7H,2H2,1H3. The van der Waals surface area contributed by atoms with Crippen LogP contribution in [-0.4, -0.2) is 22.0 Å². The van der Waals surface area contributed by atoms with Crippen LogP contribution < -0.4 is 0 Å². The molecule has 0 bridgehead atoms. The molecule has 0 saturated carbocycles. The number of nitrogens with zero attached hydrogens (tertiary/aromatic N) is 2. The van der Waals surface area contributed by atoms with Crippen LogP contribution in [0.15, 0.2) is 34.9 Å². The Bertz CT molecular complexity index is 696. The van der Waals surface area contributed by atoms with Gasteiger partial charge in [-0.05, 0) is 19.1 Å². The fourth-order valence-corrected chi connectivity index (χ4v) is 1.75. The van der Waals surface area contributed by atoms with E-state index in [-0.39, 0.29) is 5.69 Å². The zero-order valence-electron chi connectivity index (χ0n) is 9.21. The number of hydrogen-bond acceptors (Lipinski definition) is 4. The van der Waals surface area contributed by atoms with Crippen molar-refractivity contribution in [1.29, 1.82) is 0 Å². The van der Waals surface area contributed by atoms with Gasteiger partial charge in [0.25, 0.3) is 0 Å². The molecule has 5 nitrogen and oxygen atoms in total. The summed E-state index contributed by atoms with van der Waals surface area (Å²) in [6, 6.07) is 7.55. The van der Waals surface area contributed by atoms with Crippen LogP contribution in [0.2, 0.25) is 0 Å². The first-order valence-corrected chi connectivity index (χ1v) is 5.33. The smallest absolute Gasteiger partial charge is 0.358 e. The molecule has 3 aromatic rings. The quantitative estimate of drug-likeness (QED) is 0.633. The number of imidazole rings is 1. The number of oxazole rings is 1. The summed E-state index contributed by atoms with van der Waals surface area (Å²) in [5.41, 5.74) is 1.88. The summed E-state index contributed by atoms with van der Waals surface area (Å²) in [4.78, 5) is 15.6. The first-order chi connectivity index (χ1) is 8.29. The molecule has 0 aliphatic rings. The summed E-state index contributed by atoms with van der Waals surface area (Å²) in [6.07, 6.45) is 1.62. The SMILES string of the molecule is CCOC(=O)c1cn2c(n1)oc1ccccc12. The maximum Gasteiger partial charge on any atom is 0.358 e. The molecule has 0 atom stereocenters. The van der Waals surface area contributed by atoms with Gasteiger partial charge in [-0.15, -0.1) is 0 Å². The van der Waals surface area contributed by atoms with E-state index in [1.165, 1.54) is 0 Å².